The first-order valence-electron chi connectivity index (χ1n) is 7.02. The fourth-order valence-corrected chi connectivity index (χ4v) is 2.09. The fraction of sp³-hybridized carbons (Fsp3) is 0.786. The summed E-state index contributed by atoms with van der Waals surface area (Å²) in [6.45, 7) is 4.46. The average molecular weight is 253 g/mol. The van der Waals surface area contributed by atoms with E-state index in [4.69, 9.17) is 4.74 Å². The SMILES string of the molecule is CCCCCCCC(C)Nc1cc(OC)n(C)n1. The van der Waals surface area contributed by atoms with Crippen LogP contribution >= 0.6 is 0 Å². The molecule has 0 saturated heterocycles. The number of methoxy groups -OCH3 is 1. The minimum atomic E-state index is 0.464. The largest absolute Gasteiger partial charge is 0.481 e. The van der Waals surface area contributed by atoms with E-state index in [-0.39, 0.29) is 0 Å². The summed E-state index contributed by atoms with van der Waals surface area (Å²) < 4.78 is 6.94. The molecule has 1 heterocycles. The van der Waals surface area contributed by atoms with Crippen LogP contribution in [0.15, 0.2) is 6.07 Å². The maximum absolute atomic E-state index is 5.19. The molecule has 0 saturated carbocycles. The van der Waals surface area contributed by atoms with Gasteiger partial charge in [-0.05, 0) is 13.3 Å². The summed E-state index contributed by atoms with van der Waals surface area (Å²) in [7, 11) is 3.55. The van der Waals surface area contributed by atoms with Gasteiger partial charge in [-0.25, -0.2) is 4.68 Å². The van der Waals surface area contributed by atoms with Crippen molar-refractivity contribution >= 4 is 5.82 Å². The van der Waals surface area contributed by atoms with E-state index in [1.165, 1.54) is 38.5 Å². The Kier molecular flexibility index (Phi) is 6.61. The van der Waals surface area contributed by atoms with Gasteiger partial charge in [-0.2, -0.15) is 5.10 Å². The van der Waals surface area contributed by atoms with Crippen molar-refractivity contribution in [3.05, 3.63) is 6.07 Å². The smallest absolute Gasteiger partial charge is 0.213 e. The molecule has 104 valence electrons. The van der Waals surface area contributed by atoms with Gasteiger partial charge in [-0.15, -0.1) is 0 Å². The number of anilines is 1. The first-order chi connectivity index (χ1) is 8.67. The predicted octanol–water partition coefficient (Wildman–Crippen LogP) is 3.59. The van der Waals surface area contributed by atoms with Crippen molar-refractivity contribution in [2.24, 2.45) is 7.05 Å². The summed E-state index contributed by atoms with van der Waals surface area (Å²) >= 11 is 0. The Morgan fingerprint density at radius 1 is 1.33 bits per heavy atom. The molecule has 1 rings (SSSR count). The van der Waals surface area contributed by atoms with E-state index in [9.17, 15) is 0 Å². The third kappa shape index (κ3) is 4.98. The molecule has 18 heavy (non-hydrogen) atoms. The second kappa shape index (κ2) is 8.01. The van der Waals surface area contributed by atoms with Crippen LogP contribution in [0.5, 0.6) is 5.88 Å². The van der Waals surface area contributed by atoms with Crippen LogP contribution in [-0.4, -0.2) is 22.9 Å². The standard InChI is InChI=1S/C14H27N3O/c1-5-6-7-8-9-10-12(2)15-13-11-14(18-4)17(3)16-13/h11-12H,5-10H2,1-4H3,(H,15,16). The van der Waals surface area contributed by atoms with E-state index in [2.05, 4.69) is 24.3 Å². The van der Waals surface area contributed by atoms with Gasteiger partial charge in [0.1, 0.15) is 0 Å². The molecular weight excluding hydrogens is 226 g/mol. The number of nitrogens with one attached hydrogen (secondary N) is 1. The number of rotatable bonds is 9. The first-order valence-corrected chi connectivity index (χ1v) is 7.02. The number of hydrogen-bond donors (Lipinski definition) is 1. The quantitative estimate of drug-likeness (QED) is 0.684. The van der Waals surface area contributed by atoms with Crippen LogP contribution < -0.4 is 10.1 Å². The van der Waals surface area contributed by atoms with Gasteiger partial charge in [0.15, 0.2) is 5.82 Å². The Hall–Kier alpha value is -1.19. The van der Waals surface area contributed by atoms with Crippen molar-refractivity contribution in [1.82, 2.24) is 9.78 Å². The molecule has 0 aromatic carbocycles. The van der Waals surface area contributed by atoms with Gasteiger partial charge in [-0.3, -0.25) is 0 Å². The Morgan fingerprint density at radius 3 is 2.67 bits per heavy atom. The minimum absolute atomic E-state index is 0.464. The first kappa shape index (κ1) is 14.9. The summed E-state index contributed by atoms with van der Waals surface area (Å²) in [5.41, 5.74) is 0. The van der Waals surface area contributed by atoms with Gasteiger partial charge < -0.3 is 10.1 Å². The normalized spacial score (nSPS) is 12.4. The molecule has 0 fully saturated rings. The van der Waals surface area contributed by atoms with E-state index < -0.39 is 0 Å². The van der Waals surface area contributed by atoms with Gasteiger partial charge in [0.2, 0.25) is 5.88 Å². The molecule has 1 unspecified atom stereocenters. The number of aromatic nitrogens is 2. The molecular formula is C14H27N3O. The monoisotopic (exact) mass is 253 g/mol. The van der Waals surface area contributed by atoms with Gasteiger partial charge in [0.05, 0.1) is 7.11 Å². The number of ether oxygens (including phenoxy) is 1. The molecule has 1 aromatic rings. The molecule has 1 N–H and O–H groups in total. The predicted molar refractivity (Wildman–Crippen MR) is 76.2 cm³/mol. The number of hydrogen-bond acceptors (Lipinski definition) is 3. The van der Waals surface area contributed by atoms with Gasteiger partial charge in [0.25, 0.3) is 0 Å². The zero-order valence-electron chi connectivity index (χ0n) is 12.2. The number of aryl methyl sites for hydroxylation is 1. The summed E-state index contributed by atoms with van der Waals surface area (Å²) in [6.07, 6.45) is 7.85. The lowest BCUT2D eigenvalue weighted by Gasteiger charge is -2.12. The molecule has 1 aromatic heterocycles. The van der Waals surface area contributed by atoms with E-state index in [1.54, 1.807) is 11.8 Å². The van der Waals surface area contributed by atoms with Crippen LogP contribution in [0.2, 0.25) is 0 Å². The van der Waals surface area contributed by atoms with E-state index in [0.717, 1.165) is 11.7 Å². The van der Waals surface area contributed by atoms with Crippen molar-refractivity contribution < 1.29 is 4.74 Å². The molecule has 0 spiro atoms. The molecule has 0 aliphatic carbocycles. The minimum Gasteiger partial charge on any atom is -0.481 e. The zero-order chi connectivity index (χ0) is 13.4. The maximum atomic E-state index is 5.19. The van der Waals surface area contributed by atoms with E-state index in [1.807, 2.05) is 13.1 Å². The van der Waals surface area contributed by atoms with Crippen LogP contribution in [0, 0.1) is 0 Å². The molecule has 4 nitrogen and oxygen atoms in total. The number of unbranched alkanes of at least 4 members (excludes halogenated alkanes) is 4. The van der Waals surface area contributed by atoms with Gasteiger partial charge >= 0.3 is 0 Å². The van der Waals surface area contributed by atoms with Crippen molar-refractivity contribution in [3.63, 3.8) is 0 Å². The average Bonchev–Trinajstić information content (AvgIpc) is 2.69. The summed E-state index contributed by atoms with van der Waals surface area (Å²) in [4.78, 5) is 0. The summed E-state index contributed by atoms with van der Waals surface area (Å²) in [5, 5.41) is 7.78. The van der Waals surface area contributed by atoms with Crippen LogP contribution in [0.25, 0.3) is 0 Å². The highest BCUT2D eigenvalue weighted by atomic mass is 16.5. The van der Waals surface area contributed by atoms with Gasteiger partial charge in [0, 0.05) is 19.2 Å². The van der Waals surface area contributed by atoms with E-state index in [0.29, 0.717) is 6.04 Å². The Balaban J connectivity index is 2.24. The Labute approximate surface area is 111 Å². The van der Waals surface area contributed by atoms with Crippen LogP contribution in [0.1, 0.15) is 52.4 Å². The lowest BCUT2D eigenvalue weighted by molar-refractivity contribution is 0.373. The molecule has 4 heteroatoms. The summed E-state index contributed by atoms with van der Waals surface area (Å²) in [6, 6.07) is 2.40. The Bertz CT molecular complexity index is 336. The third-order valence-electron chi connectivity index (χ3n) is 3.18. The molecule has 0 radical (unpaired) electrons. The molecule has 1 atom stereocenters. The highest BCUT2D eigenvalue weighted by Crippen LogP contribution is 2.17. The van der Waals surface area contributed by atoms with Gasteiger partial charge in [-0.1, -0.05) is 39.0 Å². The lowest BCUT2D eigenvalue weighted by Crippen LogP contribution is -2.15. The van der Waals surface area contributed by atoms with Crippen LogP contribution in [0.3, 0.4) is 0 Å². The van der Waals surface area contributed by atoms with Crippen molar-refractivity contribution in [1.29, 1.82) is 0 Å². The maximum Gasteiger partial charge on any atom is 0.213 e. The highest BCUT2D eigenvalue weighted by molar-refractivity contribution is 5.39. The van der Waals surface area contributed by atoms with Crippen LogP contribution in [0.4, 0.5) is 5.82 Å². The number of nitrogens with zero attached hydrogens (tertiary/aromatic N) is 2. The van der Waals surface area contributed by atoms with Crippen LogP contribution in [-0.2, 0) is 7.05 Å². The second-order valence-corrected chi connectivity index (χ2v) is 4.94. The lowest BCUT2D eigenvalue weighted by atomic mass is 10.1. The van der Waals surface area contributed by atoms with Crippen molar-refractivity contribution in [2.45, 2.75) is 58.4 Å². The Morgan fingerprint density at radius 2 is 2.06 bits per heavy atom. The topological polar surface area (TPSA) is 39.1 Å². The third-order valence-corrected chi connectivity index (χ3v) is 3.18. The van der Waals surface area contributed by atoms with Crippen molar-refractivity contribution in [2.75, 3.05) is 12.4 Å². The molecule has 0 aliphatic rings. The summed E-state index contributed by atoms with van der Waals surface area (Å²) in [5.74, 6) is 1.68. The molecule has 0 amide bonds. The van der Waals surface area contributed by atoms with E-state index >= 15 is 0 Å². The van der Waals surface area contributed by atoms with Crippen molar-refractivity contribution in [3.8, 4) is 5.88 Å². The molecule has 0 bridgehead atoms. The second-order valence-electron chi connectivity index (χ2n) is 4.94. The molecule has 0 aliphatic heterocycles. The zero-order valence-corrected chi connectivity index (χ0v) is 12.2. The highest BCUT2D eigenvalue weighted by Gasteiger charge is 2.07. The fourth-order valence-electron chi connectivity index (χ4n) is 2.09.